The highest BCUT2D eigenvalue weighted by Gasteiger charge is 2.28. The number of hydrogen-bond donors (Lipinski definition) is 2. The van der Waals surface area contributed by atoms with Crippen molar-refractivity contribution in [2.24, 2.45) is 0 Å². The third-order valence-electron chi connectivity index (χ3n) is 2.98. The fourth-order valence-corrected chi connectivity index (χ4v) is 1.89. The minimum Gasteiger partial charge on any atom is -0.392 e. The van der Waals surface area contributed by atoms with Gasteiger partial charge in [-0.1, -0.05) is 18.2 Å². The van der Waals surface area contributed by atoms with Gasteiger partial charge in [0.1, 0.15) is 0 Å². The summed E-state index contributed by atoms with van der Waals surface area (Å²) in [5, 5.41) is 12.6. The lowest BCUT2D eigenvalue weighted by atomic mass is 9.89. The van der Waals surface area contributed by atoms with E-state index in [1.807, 2.05) is 24.3 Å². The van der Waals surface area contributed by atoms with Gasteiger partial charge in [0.15, 0.2) is 0 Å². The Morgan fingerprint density at radius 2 is 2.13 bits per heavy atom. The molecular weight excluding hydrogens is 190 g/mol. The second kappa shape index (κ2) is 4.64. The molecule has 1 fully saturated rings. The molecule has 15 heavy (non-hydrogen) atoms. The van der Waals surface area contributed by atoms with Crippen molar-refractivity contribution < 1.29 is 9.84 Å². The highest BCUT2D eigenvalue weighted by Crippen LogP contribution is 2.27. The Morgan fingerprint density at radius 3 is 2.80 bits per heavy atom. The van der Waals surface area contributed by atoms with Crippen molar-refractivity contribution >= 4 is 5.69 Å². The lowest BCUT2D eigenvalue weighted by Crippen LogP contribution is -2.40. The topological polar surface area (TPSA) is 41.5 Å². The first-order chi connectivity index (χ1) is 7.33. The maximum Gasteiger partial charge on any atom is 0.0701 e. The molecule has 2 N–H and O–H groups in total. The first-order valence-corrected chi connectivity index (χ1v) is 5.31. The van der Waals surface area contributed by atoms with Crippen molar-refractivity contribution in [3.05, 3.63) is 29.8 Å². The van der Waals surface area contributed by atoms with Crippen LogP contribution in [-0.2, 0) is 11.3 Å². The molecule has 0 saturated heterocycles. The minimum absolute atomic E-state index is 0.0869. The predicted octanol–water partition coefficient (Wildman–Crippen LogP) is 1.77. The van der Waals surface area contributed by atoms with Crippen LogP contribution in [0.15, 0.2) is 24.3 Å². The van der Waals surface area contributed by atoms with E-state index in [0.29, 0.717) is 12.1 Å². The summed E-state index contributed by atoms with van der Waals surface area (Å²) in [5.41, 5.74) is 2.00. The van der Waals surface area contributed by atoms with Gasteiger partial charge in [0.05, 0.1) is 12.7 Å². The van der Waals surface area contributed by atoms with Crippen molar-refractivity contribution in [1.82, 2.24) is 0 Å². The zero-order chi connectivity index (χ0) is 10.7. The molecule has 82 valence electrons. The van der Waals surface area contributed by atoms with E-state index in [-0.39, 0.29) is 6.61 Å². The summed E-state index contributed by atoms with van der Waals surface area (Å²) >= 11 is 0. The van der Waals surface area contributed by atoms with Gasteiger partial charge in [-0.05, 0) is 18.9 Å². The summed E-state index contributed by atoms with van der Waals surface area (Å²) in [6, 6.07) is 8.35. The first kappa shape index (κ1) is 10.5. The number of methoxy groups -OCH3 is 1. The fourth-order valence-electron chi connectivity index (χ4n) is 1.89. The van der Waals surface area contributed by atoms with Crippen LogP contribution in [0.25, 0.3) is 0 Å². The molecule has 1 aromatic carbocycles. The second-order valence-electron chi connectivity index (χ2n) is 3.99. The molecule has 3 nitrogen and oxygen atoms in total. The normalized spacial score (nSPS) is 24.7. The van der Waals surface area contributed by atoms with Gasteiger partial charge >= 0.3 is 0 Å². The van der Waals surface area contributed by atoms with Gasteiger partial charge in [0, 0.05) is 24.4 Å². The van der Waals surface area contributed by atoms with E-state index in [4.69, 9.17) is 9.84 Å². The van der Waals surface area contributed by atoms with E-state index >= 15 is 0 Å². The zero-order valence-corrected chi connectivity index (χ0v) is 8.94. The smallest absolute Gasteiger partial charge is 0.0701 e. The quantitative estimate of drug-likeness (QED) is 0.790. The molecule has 0 radical (unpaired) electrons. The summed E-state index contributed by atoms with van der Waals surface area (Å²) in [7, 11) is 1.75. The van der Waals surface area contributed by atoms with Gasteiger partial charge in [0.2, 0.25) is 0 Å². The molecular formula is C12H17NO2. The van der Waals surface area contributed by atoms with Crippen LogP contribution in [0.1, 0.15) is 18.4 Å². The van der Waals surface area contributed by atoms with E-state index < -0.39 is 0 Å². The number of aliphatic hydroxyl groups excluding tert-OH is 1. The SMILES string of the molecule is COC1CC(Nc2ccccc2CO)C1. The lowest BCUT2D eigenvalue weighted by Gasteiger charge is -2.35. The molecule has 0 unspecified atom stereocenters. The van der Waals surface area contributed by atoms with Crippen LogP contribution in [0.3, 0.4) is 0 Å². The van der Waals surface area contributed by atoms with Gasteiger partial charge in [-0.15, -0.1) is 0 Å². The highest BCUT2D eigenvalue weighted by atomic mass is 16.5. The van der Waals surface area contributed by atoms with Gasteiger partial charge in [-0.3, -0.25) is 0 Å². The standard InChI is InChI=1S/C12H17NO2/c1-15-11-6-10(7-11)13-12-5-3-2-4-9(12)8-14/h2-5,10-11,13-14H,6-8H2,1H3. The van der Waals surface area contributed by atoms with Crippen molar-refractivity contribution in [1.29, 1.82) is 0 Å². The number of anilines is 1. The van der Waals surface area contributed by atoms with Gasteiger partial charge in [-0.2, -0.15) is 0 Å². The Kier molecular flexibility index (Phi) is 3.23. The van der Waals surface area contributed by atoms with Crippen molar-refractivity contribution in [3.8, 4) is 0 Å². The number of benzene rings is 1. The van der Waals surface area contributed by atoms with Crippen molar-refractivity contribution in [2.75, 3.05) is 12.4 Å². The number of hydrogen-bond acceptors (Lipinski definition) is 3. The van der Waals surface area contributed by atoms with E-state index in [9.17, 15) is 0 Å². The van der Waals surface area contributed by atoms with Crippen LogP contribution in [-0.4, -0.2) is 24.4 Å². The molecule has 0 amide bonds. The molecule has 1 aromatic rings. The van der Waals surface area contributed by atoms with Crippen LogP contribution < -0.4 is 5.32 Å². The molecule has 1 aliphatic rings. The molecule has 0 aliphatic heterocycles. The summed E-state index contributed by atoms with van der Waals surface area (Å²) in [6.45, 7) is 0.0869. The summed E-state index contributed by atoms with van der Waals surface area (Å²) in [5.74, 6) is 0. The van der Waals surface area contributed by atoms with Gasteiger partial charge in [0.25, 0.3) is 0 Å². The Morgan fingerprint density at radius 1 is 1.40 bits per heavy atom. The van der Waals surface area contributed by atoms with Crippen molar-refractivity contribution in [3.63, 3.8) is 0 Å². The van der Waals surface area contributed by atoms with E-state index in [1.54, 1.807) is 7.11 Å². The monoisotopic (exact) mass is 207 g/mol. The number of nitrogens with one attached hydrogen (secondary N) is 1. The zero-order valence-electron chi connectivity index (χ0n) is 8.94. The highest BCUT2D eigenvalue weighted by molar-refractivity contribution is 5.51. The molecule has 3 heteroatoms. The first-order valence-electron chi connectivity index (χ1n) is 5.31. The Labute approximate surface area is 90.1 Å². The molecule has 1 saturated carbocycles. The molecule has 0 atom stereocenters. The number of ether oxygens (including phenoxy) is 1. The Bertz CT molecular complexity index is 321. The Hall–Kier alpha value is -1.06. The predicted molar refractivity (Wildman–Crippen MR) is 59.8 cm³/mol. The summed E-state index contributed by atoms with van der Waals surface area (Å²) in [4.78, 5) is 0. The average molecular weight is 207 g/mol. The molecule has 0 bridgehead atoms. The van der Waals surface area contributed by atoms with Crippen LogP contribution in [0.2, 0.25) is 0 Å². The number of rotatable bonds is 4. The number of para-hydroxylation sites is 1. The molecule has 0 heterocycles. The maximum absolute atomic E-state index is 9.16. The summed E-state index contributed by atoms with van der Waals surface area (Å²) in [6.07, 6.45) is 2.51. The largest absolute Gasteiger partial charge is 0.392 e. The summed E-state index contributed by atoms with van der Waals surface area (Å²) < 4.78 is 5.22. The second-order valence-corrected chi connectivity index (χ2v) is 3.99. The van der Waals surface area contributed by atoms with Crippen LogP contribution in [0.5, 0.6) is 0 Å². The fraction of sp³-hybridized carbons (Fsp3) is 0.500. The van der Waals surface area contributed by atoms with Gasteiger partial charge < -0.3 is 15.2 Å². The lowest BCUT2D eigenvalue weighted by molar-refractivity contribution is 0.0328. The molecule has 2 rings (SSSR count). The Balaban J connectivity index is 1.94. The van der Waals surface area contributed by atoms with Gasteiger partial charge in [-0.25, -0.2) is 0 Å². The third kappa shape index (κ3) is 2.30. The molecule has 0 aromatic heterocycles. The van der Waals surface area contributed by atoms with Crippen molar-refractivity contribution in [2.45, 2.75) is 31.6 Å². The maximum atomic E-state index is 9.16. The van der Waals surface area contributed by atoms with Crippen LogP contribution in [0, 0.1) is 0 Å². The van der Waals surface area contributed by atoms with E-state index in [0.717, 1.165) is 24.1 Å². The van der Waals surface area contributed by atoms with Crippen LogP contribution in [0.4, 0.5) is 5.69 Å². The number of aliphatic hydroxyl groups is 1. The van der Waals surface area contributed by atoms with E-state index in [2.05, 4.69) is 5.32 Å². The molecule has 1 aliphatic carbocycles. The van der Waals surface area contributed by atoms with E-state index in [1.165, 1.54) is 0 Å². The third-order valence-corrected chi connectivity index (χ3v) is 2.98. The molecule has 0 spiro atoms. The minimum atomic E-state index is 0.0869. The average Bonchev–Trinajstić information content (AvgIpc) is 2.23. The van der Waals surface area contributed by atoms with Crippen LogP contribution >= 0.6 is 0 Å².